The first-order chi connectivity index (χ1) is 9.59. The Bertz CT molecular complexity index is 628. The minimum Gasteiger partial charge on any atom is -0.479 e. The van der Waals surface area contributed by atoms with Crippen molar-refractivity contribution in [2.75, 3.05) is 0 Å². The molecular formula is C15H12ClNO3. The first kappa shape index (κ1) is 14.1. The zero-order valence-electron chi connectivity index (χ0n) is 10.4. The molecule has 0 unspecified atom stereocenters. The van der Waals surface area contributed by atoms with Crippen LogP contribution in [0.4, 0.5) is 0 Å². The van der Waals surface area contributed by atoms with E-state index in [1.54, 1.807) is 54.6 Å². The standard InChI is InChI=1S/C15H12ClNO3/c16-12-9-5-4-8-11(12)13(15(19)20)17-14(18)10-6-2-1-3-7-10/h1-9,13H,(H,17,18)(H,19,20)/t13-/m1/s1. The molecule has 1 amide bonds. The van der Waals surface area contributed by atoms with E-state index in [1.165, 1.54) is 0 Å². The van der Waals surface area contributed by atoms with Crippen LogP contribution in [0.3, 0.4) is 0 Å². The number of aliphatic carboxylic acids is 1. The van der Waals surface area contributed by atoms with Crippen molar-refractivity contribution < 1.29 is 14.7 Å². The Kier molecular flexibility index (Phi) is 4.38. The monoisotopic (exact) mass is 289 g/mol. The van der Waals surface area contributed by atoms with Crippen molar-refractivity contribution >= 4 is 23.5 Å². The van der Waals surface area contributed by atoms with Gasteiger partial charge in [0.15, 0.2) is 6.04 Å². The second kappa shape index (κ2) is 6.21. The Morgan fingerprint density at radius 2 is 1.60 bits per heavy atom. The number of benzene rings is 2. The lowest BCUT2D eigenvalue weighted by molar-refractivity contribution is -0.139. The van der Waals surface area contributed by atoms with Gasteiger partial charge in [0.1, 0.15) is 0 Å². The van der Waals surface area contributed by atoms with E-state index in [0.717, 1.165) is 0 Å². The topological polar surface area (TPSA) is 66.4 Å². The van der Waals surface area contributed by atoms with Gasteiger partial charge in [0.2, 0.25) is 0 Å². The second-order valence-electron chi connectivity index (χ2n) is 4.13. The van der Waals surface area contributed by atoms with E-state index in [9.17, 15) is 14.7 Å². The molecule has 0 aromatic heterocycles. The van der Waals surface area contributed by atoms with Gasteiger partial charge in [-0.3, -0.25) is 4.79 Å². The molecule has 0 saturated heterocycles. The molecule has 0 heterocycles. The number of carbonyl (C=O) groups is 2. The highest BCUT2D eigenvalue weighted by atomic mass is 35.5. The molecular weight excluding hydrogens is 278 g/mol. The average molecular weight is 290 g/mol. The van der Waals surface area contributed by atoms with Crippen molar-refractivity contribution in [3.8, 4) is 0 Å². The molecule has 1 atom stereocenters. The number of rotatable bonds is 4. The van der Waals surface area contributed by atoms with E-state index < -0.39 is 17.9 Å². The molecule has 0 saturated carbocycles. The van der Waals surface area contributed by atoms with Crippen molar-refractivity contribution in [2.45, 2.75) is 6.04 Å². The van der Waals surface area contributed by atoms with Crippen LogP contribution in [0.5, 0.6) is 0 Å². The number of carbonyl (C=O) groups excluding carboxylic acids is 1. The summed E-state index contributed by atoms with van der Waals surface area (Å²) in [6.07, 6.45) is 0. The zero-order valence-corrected chi connectivity index (χ0v) is 11.2. The normalized spacial score (nSPS) is 11.7. The lowest BCUT2D eigenvalue weighted by atomic mass is 10.1. The summed E-state index contributed by atoms with van der Waals surface area (Å²) in [4.78, 5) is 23.4. The highest BCUT2D eigenvalue weighted by Gasteiger charge is 2.24. The number of nitrogens with one attached hydrogen (secondary N) is 1. The average Bonchev–Trinajstić information content (AvgIpc) is 2.46. The van der Waals surface area contributed by atoms with Gasteiger partial charge in [-0.1, -0.05) is 48.0 Å². The highest BCUT2D eigenvalue weighted by molar-refractivity contribution is 6.31. The second-order valence-corrected chi connectivity index (χ2v) is 4.54. The highest BCUT2D eigenvalue weighted by Crippen LogP contribution is 2.23. The maximum atomic E-state index is 12.0. The molecule has 0 bridgehead atoms. The first-order valence-corrected chi connectivity index (χ1v) is 6.30. The molecule has 5 heteroatoms. The third kappa shape index (κ3) is 3.16. The van der Waals surface area contributed by atoms with Gasteiger partial charge in [-0.15, -0.1) is 0 Å². The first-order valence-electron chi connectivity index (χ1n) is 5.92. The van der Waals surface area contributed by atoms with Crippen LogP contribution in [0, 0.1) is 0 Å². The molecule has 4 nitrogen and oxygen atoms in total. The van der Waals surface area contributed by atoms with Crippen LogP contribution in [0.1, 0.15) is 22.0 Å². The summed E-state index contributed by atoms with van der Waals surface area (Å²) in [5, 5.41) is 12.0. The molecule has 0 aliphatic rings. The van der Waals surface area contributed by atoms with Crippen LogP contribution < -0.4 is 5.32 Å². The quantitative estimate of drug-likeness (QED) is 0.909. The van der Waals surface area contributed by atoms with Crippen molar-refractivity contribution in [3.63, 3.8) is 0 Å². The van der Waals surface area contributed by atoms with Gasteiger partial charge in [-0.2, -0.15) is 0 Å². The van der Waals surface area contributed by atoms with Gasteiger partial charge < -0.3 is 10.4 Å². The predicted molar refractivity (Wildman–Crippen MR) is 75.7 cm³/mol. The fraction of sp³-hybridized carbons (Fsp3) is 0.0667. The summed E-state index contributed by atoms with van der Waals surface area (Å²) in [5.74, 6) is -1.62. The number of amides is 1. The number of carboxylic acids is 1. The van der Waals surface area contributed by atoms with Crippen LogP contribution in [-0.2, 0) is 4.79 Å². The summed E-state index contributed by atoms with van der Waals surface area (Å²) in [6, 6.07) is 13.8. The van der Waals surface area contributed by atoms with E-state index >= 15 is 0 Å². The molecule has 20 heavy (non-hydrogen) atoms. The fourth-order valence-electron chi connectivity index (χ4n) is 1.79. The molecule has 0 radical (unpaired) electrons. The Hall–Kier alpha value is -2.33. The predicted octanol–water partition coefficient (Wildman–Crippen LogP) is 2.90. The van der Waals surface area contributed by atoms with Gasteiger partial charge in [0, 0.05) is 16.1 Å². The van der Waals surface area contributed by atoms with Crippen molar-refractivity contribution in [2.24, 2.45) is 0 Å². The molecule has 2 aromatic carbocycles. The van der Waals surface area contributed by atoms with E-state index in [2.05, 4.69) is 5.32 Å². The van der Waals surface area contributed by atoms with E-state index in [0.29, 0.717) is 16.1 Å². The smallest absolute Gasteiger partial charge is 0.330 e. The van der Waals surface area contributed by atoms with E-state index in [4.69, 9.17) is 11.6 Å². The maximum absolute atomic E-state index is 12.0. The molecule has 0 aliphatic heterocycles. The van der Waals surface area contributed by atoms with Crippen molar-refractivity contribution in [1.29, 1.82) is 0 Å². The van der Waals surface area contributed by atoms with Gasteiger partial charge in [0.25, 0.3) is 5.91 Å². The fourth-order valence-corrected chi connectivity index (χ4v) is 2.03. The SMILES string of the molecule is O=C(N[C@@H](C(=O)O)c1ccccc1Cl)c1ccccc1. The summed E-state index contributed by atoms with van der Waals surface area (Å²) in [7, 11) is 0. The lowest BCUT2D eigenvalue weighted by Crippen LogP contribution is -2.33. The van der Waals surface area contributed by atoms with Crippen LogP contribution >= 0.6 is 11.6 Å². The van der Waals surface area contributed by atoms with E-state index in [1.807, 2.05) is 0 Å². The zero-order chi connectivity index (χ0) is 14.5. The molecule has 102 valence electrons. The number of hydrogen-bond acceptors (Lipinski definition) is 2. The van der Waals surface area contributed by atoms with Gasteiger partial charge in [0.05, 0.1) is 0 Å². The molecule has 0 spiro atoms. The molecule has 2 N–H and O–H groups in total. The Morgan fingerprint density at radius 3 is 2.20 bits per heavy atom. The molecule has 2 rings (SSSR count). The Balaban J connectivity index is 2.26. The Morgan fingerprint density at radius 1 is 1.00 bits per heavy atom. The number of halogens is 1. The number of carboxylic acid groups (broad SMARTS) is 1. The van der Waals surface area contributed by atoms with Crippen LogP contribution in [0.2, 0.25) is 5.02 Å². The third-order valence-corrected chi connectivity index (χ3v) is 3.12. The van der Waals surface area contributed by atoms with Crippen LogP contribution in [0.15, 0.2) is 54.6 Å². The molecule has 0 aliphatic carbocycles. The Labute approximate surface area is 121 Å². The molecule has 0 fully saturated rings. The lowest BCUT2D eigenvalue weighted by Gasteiger charge is -2.16. The summed E-state index contributed by atoms with van der Waals surface area (Å²) in [6.45, 7) is 0. The van der Waals surface area contributed by atoms with Crippen molar-refractivity contribution in [1.82, 2.24) is 5.32 Å². The largest absolute Gasteiger partial charge is 0.479 e. The minimum absolute atomic E-state index is 0.299. The summed E-state index contributed by atoms with van der Waals surface area (Å²) >= 11 is 5.98. The van der Waals surface area contributed by atoms with Crippen LogP contribution in [-0.4, -0.2) is 17.0 Å². The number of hydrogen-bond donors (Lipinski definition) is 2. The summed E-state index contributed by atoms with van der Waals surface area (Å²) in [5.41, 5.74) is 0.747. The van der Waals surface area contributed by atoms with E-state index in [-0.39, 0.29) is 0 Å². The van der Waals surface area contributed by atoms with Crippen LogP contribution in [0.25, 0.3) is 0 Å². The summed E-state index contributed by atoms with van der Waals surface area (Å²) < 4.78 is 0. The minimum atomic E-state index is -1.18. The van der Waals surface area contributed by atoms with Gasteiger partial charge in [-0.25, -0.2) is 4.79 Å². The molecule has 2 aromatic rings. The van der Waals surface area contributed by atoms with Gasteiger partial charge in [-0.05, 0) is 18.2 Å². The maximum Gasteiger partial charge on any atom is 0.330 e. The van der Waals surface area contributed by atoms with Crippen molar-refractivity contribution in [3.05, 3.63) is 70.7 Å². The third-order valence-electron chi connectivity index (χ3n) is 2.77. The van der Waals surface area contributed by atoms with Gasteiger partial charge >= 0.3 is 5.97 Å².